The van der Waals surface area contributed by atoms with Crippen molar-refractivity contribution in [2.24, 2.45) is 5.16 Å². The Labute approximate surface area is 113 Å². The van der Waals surface area contributed by atoms with Gasteiger partial charge in [-0.15, -0.1) is 11.3 Å². The molecule has 2 aromatic rings. The molecule has 6 nitrogen and oxygen atoms in total. The van der Waals surface area contributed by atoms with Crippen LogP contribution in [-0.4, -0.2) is 21.8 Å². The molecule has 7 heteroatoms. The van der Waals surface area contributed by atoms with Gasteiger partial charge in [0.15, 0.2) is 5.13 Å². The highest BCUT2D eigenvalue weighted by Gasteiger charge is 2.16. The number of aromatic nitrogens is 1. The van der Waals surface area contributed by atoms with Crippen molar-refractivity contribution in [3.8, 4) is 0 Å². The van der Waals surface area contributed by atoms with Crippen molar-refractivity contribution in [3.05, 3.63) is 47.0 Å². The Morgan fingerprint density at radius 2 is 2.16 bits per heavy atom. The Morgan fingerprint density at radius 3 is 2.74 bits per heavy atom. The van der Waals surface area contributed by atoms with Crippen LogP contribution in [0.4, 0.5) is 5.13 Å². The third-order valence-corrected chi connectivity index (χ3v) is 2.87. The summed E-state index contributed by atoms with van der Waals surface area (Å²) < 4.78 is 0. The quantitative estimate of drug-likeness (QED) is 0.640. The Hall–Kier alpha value is -2.41. The number of carboxylic acid groups (broad SMARTS) is 1. The van der Waals surface area contributed by atoms with Crippen molar-refractivity contribution < 1.29 is 14.7 Å². The molecule has 1 heterocycles. The molecule has 19 heavy (non-hydrogen) atoms. The molecular formula is C12H11N3O3S. The molecular weight excluding hydrogens is 266 g/mol. The van der Waals surface area contributed by atoms with E-state index < -0.39 is 5.97 Å². The SMILES string of the molecule is Nc1nc(/C(=N/OCc2ccccc2)C(=O)O)cs1. The molecule has 0 amide bonds. The third-order valence-electron chi connectivity index (χ3n) is 2.20. The van der Waals surface area contributed by atoms with E-state index in [-0.39, 0.29) is 23.1 Å². The first-order valence-electron chi connectivity index (χ1n) is 5.35. The van der Waals surface area contributed by atoms with Gasteiger partial charge in [0.25, 0.3) is 0 Å². The Morgan fingerprint density at radius 1 is 1.42 bits per heavy atom. The van der Waals surface area contributed by atoms with Gasteiger partial charge in [0.2, 0.25) is 5.71 Å². The van der Waals surface area contributed by atoms with Crippen molar-refractivity contribution in [3.63, 3.8) is 0 Å². The van der Waals surface area contributed by atoms with Gasteiger partial charge in [-0.3, -0.25) is 0 Å². The molecule has 98 valence electrons. The van der Waals surface area contributed by atoms with Crippen LogP contribution in [0.2, 0.25) is 0 Å². The normalized spacial score (nSPS) is 11.3. The van der Waals surface area contributed by atoms with Crippen LogP contribution in [0.15, 0.2) is 40.9 Å². The molecule has 0 aliphatic heterocycles. The first-order chi connectivity index (χ1) is 9.16. The number of nitrogen functional groups attached to an aromatic ring is 1. The van der Waals surface area contributed by atoms with E-state index >= 15 is 0 Å². The van der Waals surface area contributed by atoms with E-state index in [0.29, 0.717) is 0 Å². The molecule has 0 unspecified atom stereocenters. The van der Waals surface area contributed by atoms with Gasteiger partial charge in [0.05, 0.1) is 0 Å². The second kappa shape index (κ2) is 5.96. The number of hydrogen-bond donors (Lipinski definition) is 2. The summed E-state index contributed by atoms with van der Waals surface area (Å²) in [7, 11) is 0. The number of hydrogen-bond acceptors (Lipinski definition) is 6. The number of oxime groups is 1. The van der Waals surface area contributed by atoms with Crippen LogP contribution in [0.25, 0.3) is 0 Å². The summed E-state index contributed by atoms with van der Waals surface area (Å²) in [4.78, 5) is 20.0. The van der Waals surface area contributed by atoms with Crippen LogP contribution in [0.3, 0.4) is 0 Å². The summed E-state index contributed by atoms with van der Waals surface area (Å²) >= 11 is 1.15. The summed E-state index contributed by atoms with van der Waals surface area (Å²) in [6, 6.07) is 9.32. The zero-order chi connectivity index (χ0) is 13.7. The zero-order valence-corrected chi connectivity index (χ0v) is 10.6. The van der Waals surface area contributed by atoms with Gasteiger partial charge in [-0.05, 0) is 5.56 Å². The van der Waals surface area contributed by atoms with E-state index in [9.17, 15) is 4.79 Å². The van der Waals surface area contributed by atoms with E-state index in [1.807, 2.05) is 30.3 Å². The molecule has 1 aromatic carbocycles. The van der Waals surface area contributed by atoms with Crippen LogP contribution in [0.5, 0.6) is 0 Å². The van der Waals surface area contributed by atoms with Crippen LogP contribution < -0.4 is 5.73 Å². The lowest BCUT2D eigenvalue weighted by Crippen LogP contribution is -2.15. The molecule has 0 saturated carbocycles. The van der Waals surface area contributed by atoms with Gasteiger partial charge in [-0.25, -0.2) is 9.78 Å². The average molecular weight is 277 g/mol. The average Bonchev–Trinajstić information content (AvgIpc) is 2.82. The summed E-state index contributed by atoms with van der Waals surface area (Å²) in [5.74, 6) is -1.21. The van der Waals surface area contributed by atoms with Crippen molar-refractivity contribution >= 4 is 28.1 Å². The monoisotopic (exact) mass is 277 g/mol. The van der Waals surface area contributed by atoms with Crippen LogP contribution >= 0.6 is 11.3 Å². The fourth-order valence-electron chi connectivity index (χ4n) is 1.34. The van der Waals surface area contributed by atoms with Gasteiger partial charge in [-0.1, -0.05) is 35.5 Å². The van der Waals surface area contributed by atoms with Gasteiger partial charge >= 0.3 is 5.97 Å². The Bertz CT molecular complexity index is 595. The summed E-state index contributed by atoms with van der Waals surface area (Å²) in [6.45, 7) is 0.192. The highest BCUT2D eigenvalue weighted by molar-refractivity contribution is 7.13. The maximum atomic E-state index is 11.1. The smallest absolute Gasteiger partial charge is 0.360 e. The predicted molar refractivity (Wildman–Crippen MR) is 71.9 cm³/mol. The molecule has 0 spiro atoms. The van der Waals surface area contributed by atoms with Crippen LogP contribution in [0.1, 0.15) is 11.3 Å². The molecule has 0 bridgehead atoms. The van der Waals surface area contributed by atoms with Crippen molar-refractivity contribution in [1.82, 2.24) is 4.98 Å². The minimum atomic E-state index is -1.21. The lowest BCUT2D eigenvalue weighted by atomic mass is 10.2. The van der Waals surface area contributed by atoms with E-state index in [2.05, 4.69) is 10.1 Å². The van der Waals surface area contributed by atoms with E-state index in [0.717, 1.165) is 16.9 Å². The number of carboxylic acids is 1. The van der Waals surface area contributed by atoms with Crippen molar-refractivity contribution in [1.29, 1.82) is 0 Å². The van der Waals surface area contributed by atoms with Gasteiger partial charge in [-0.2, -0.15) is 0 Å². The maximum Gasteiger partial charge on any atom is 0.360 e. The summed E-state index contributed by atoms with van der Waals surface area (Å²) in [6.07, 6.45) is 0. The molecule has 1 aromatic heterocycles. The molecule has 2 rings (SSSR count). The minimum absolute atomic E-state index is 0.192. The largest absolute Gasteiger partial charge is 0.476 e. The lowest BCUT2D eigenvalue weighted by molar-refractivity contribution is -0.129. The molecule has 3 N–H and O–H groups in total. The highest BCUT2D eigenvalue weighted by atomic mass is 32.1. The Balaban J connectivity index is 2.08. The number of aliphatic carboxylic acids is 1. The minimum Gasteiger partial charge on any atom is -0.476 e. The topological polar surface area (TPSA) is 97.8 Å². The molecule has 0 aliphatic rings. The van der Waals surface area contributed by atoms with Crippen molar-refractivity contribution in [2.45, 2.75) is 6.61 Å². The number of rotatable bonds is 5. The van der Waals surface area contributed by atoms with Crippen LogP contribution in [-0.2, 0) is 16.2 Å². The number of nitrogens with zero attached hydrogens (tertiary/aromatic N) is 2. The van der Waals surface area contributed by atoms with Gasteiger partial charge in [0, 0.05) is 5.38 Å². The van der Waals surface area contributed by atoms with Crippen LogP contribution in [0, 0.1) is 0 Å². The molecule has 0 fully saturated rings. The fraction of sp³-hybridized carbons (Fsp3) is 0.0833. The van der Waals surface area contributed by atoms with E-state index in [1.165, 1.54) is 5.38 Å². The Kier molecular flexibility index (Phi) is 4.09. The lowest BCUT2D eigenvalue weighted by Gasteiger charge is -2.01. The number of nitrogens with two attached hydrogens (primary N) is 1. The molecule has 0 radical (unpaired) electrons. The highest BCUT2D eigenvalue weighted by Crippen LogP contribution is 2.12. The standard InChI is InChI=1S/C12H11N3O3S/c13-12-14-9(7-19-12)10(11(16)17)15-18-6-8-4-2-1-3-5-8/h1-5,7H,6H2,(H2,13,14)(H,16,17)/b15-10-. The van der Waals surface area contributed by atoms with Gasteiger partial charge < -0.3 is 15.7 Å². The molecule has 0 saturated heterocycles. The number of carbonyl (C=O) groups is 1. The first-order valence-corrected chi connectivity index (χ1v) is 6.23. The summed E-state index contributed by atoms with van der Waals surface area (Å²) in [5.41, 5.74) is 6.29. The maximum absolute atomic E-state index is 11.1. The second-order valence-electron chi connectivity index (χ2n) is 3.58. The molecule has 0 atom stereocenters. The predicted octanol–water partition coefficient (Wildman–Crippen LogP) is 1.73. The summed E-state index contributed by atoms with van der Waals surface area (Å²) in [5, 5.41) is 14.5. The number of thiazole rings is 1. The van der Waals surface area contributed by atoms with E-state index in [1.54, 1.807) is 0 Å². The fourth-order valence-corrected chi connectivity index (χ4v) is 1.89. The number of anilines is 1. The first kappa shape index (κ1) is 13.0. The van der Waals surface area contributed by atoms with Crippen molar-refractivity contribution in [2.75, 3.05) is 5.73 Å². The zero-order valence-electron chi connectivity index (χ0n) is 9.81. The number of benzene rings is 1. The van der Waals surface area contributed by atoms with Gasteiger partial charge in [0.1, 0.15) is 12.3 Å². The second-order valence-corrected chi connectivity index (χ2v) is 4.46. The third kappa shape index (κ3) is 3.52. The molecule has 0 aliphatic carbocycles. The van der Waals surface area contributed by atoms with E-state index in [4.69, 9.17) is 15.7 Å².